The highest BCUT2D eigenvalue weighted by Gasteiger charge is 2.51. The molecule has 3 heteroatoms. The third-order valence-corrected chi connectivity index (χ3v) is 3.70. The van der Waals surface area contributed by atoms with Gasteiger partial charge in [0, 0.05) is 18.7 Å². The molecule has 16 heavy (non-hydrogen) atoms. The van der Waals surface area contributed by atoms with Crippen LogP contribution in [-0.2, 0) is 0 Å². The van der Waals surface area contributed by atoms with E-state index in [1.54, 1.807) is 6.07 Å². The summed E-state index contributed by atoms with van der Waals surface area (Å²) < 4.78 is 0. The van der Waals surface area contributed by atoms with Gasteiger partial charge in [-0.25, -0.2) is 0 Å². The molecule has 0 atom stereocenters. The topological polar surface area (TPSA) is 35.5 Å². The average molecular weight is 218 g/mol. The Morgan fingerprint density at radius 3 is 2.75 bits per heavy atom. The van der Waals surface area contributed by atoms with Crippen LogP contribution in [0.3, 0.4) is 0 Å². The van der Waals surface area contributed by atoms with Crippen molar-refractivity contribution in [3.8, 4) is 5.75 Å². The second kappa shape index (κ2) is 3.06. The van der Waals surface area contributed by atoms with E-state index in [-0.39, 0.29) is 0 Å². The minimum absolute atomic E-state index is 0.335. The van der Waals surface area contributed by atoms with Crippen molar-refractivity contribution in [2.45, 2.75) is 38.3 Å². The maximum absolute atomic E-state index is 9.50. The number of fused-ring (bicyclic) bond motifs is 1. The van der Waals surface area contributed by atoms with E-state index in [0.717, 1.165) is 12.2 Å². The Morgan fingerprint density at radius 1 is 1.38 bits per heavy atom. The molecule has 86 valence electrons. The number of phenols is 1. The molecule has 3 nitrogen and oxygen atoms in total. The molecule has 1 heterocycles. The zero-order valence-electron chi connectivity index (χ0n) is 9.83. The quantitative estimate of drug-likeness (QED) is 0.760. The van der Waals surface area contributed by atoms with E-state index in [0.29, 0.717) is 17.3 Å². The number of nitrogens with zero attached hydrogens (tertiary/aromatic N) is 1. The number of nitrogens with one attached hydrogen (secondary N) is 1. The Morgan fingerprint density at radius 2 is 2.12 bits per heavy atom. The monoisotopic (exact) mass is 218 g/mol. The molecule has 0 amide bonds. The summed E-state index contributed by atoms with van der Waals surface area (Å²) in [6.45, 7) is 5.48. The Balaban J connectivity index is 2.08. The van der Waals surface area contributed by atoms with Crippen LogP contribution in [0.5, 0.6) is 5.75 Å². The standard InChI is InChI=1S/C13H18N2O/c1-9(2)15-12-4-3-10(16)7-11(12)14-8-13(15)5-6-13/h3-4,7,9,14,16H,5-6,8H2,1-2H3. The van der Waals surface area contributed by atoms with Crippen molar-refractivity contribution < 1.29 is 5.11 Å². The molecule has 0 bridgehead atoms. The number of aromatic hydroxyl groups is 1. The summed E-state index contributed by atoms with van der Waals surface area (Å²) in [7, 11) is 0. The van der Waals surface area contributed by atoms with Crippen molar-refractivity contribution in [2.24, 2.45) is 0 Å². The Bertz CT molecular complexity index is 424. The Kier molecular flexibility index (Phi) is 1.88. The third-order valence-electron chi connectivity index (χ3n) is 3.70. The third kappa shape index (κ3) is 1.27. The molecule has 1 aliphatic heterocycles. The van der Waals surface area contributed by atoms with E-state index in [1.807, 2.05) is 12.1 Å². The average Bonchev–Trinajstić information content (AvgIpc) is 2.98. The highest BCUT2D eigenvalue weighted by atomic mass is 16.3. The molecule has 3 rings (SSSR count). The van der Waals surface area contributed by atoms with Gasteiger partial charge in [-0.3, -0.25) is 0 Å². The number of benzene rings is 1. The number of rotatable bonds is 1. The first-order valence-electron chi connectivity index (χ1n) is 5.99. The van der Waals surface area contributed by atoms with E-state index in [4.69, 9.17) is 0 Å². The molecule has 1 aromatic carbocycles. The highest BCUT2D eigenvalue weighted by Crippen LogP contribution is 2.50. The molecular weight excluding hydrogens is 200 g/mol. The summed E-state index contributed by atoms with van der Waals surface area (Å²) in [4.78, 5) is 2.51. The first-order valence-corrected chi connectivity index (χ1v) is 5.99. The lowest BCUT2D eigenvalue weighted by atomic mass is 10.0. The fraction of sp³-hybridized carbons (Fsp3) is 0.538. The van der Waals surface area contributed by atoms with Gasteiger partial charge in [0.25, 0.3) is 0 Å². The van der Waals surface area contributed by atoms with Gasteiger partial charge in [-0.15, -0.1) is 0 Å². The lowest BCUT2D eigenvalue weighted by Crippen LogP contribution is -2.49. The molecule has 1 aromatic rings. The minimum atomic E-state index is 0.335. The van der Waals surface area contributed by atoms with Gasteiger partial charge in [-0.2, -0.15) is 0 Å². The maximum Gasteiger partial charge on any atom is 0.117 e. The van der Waals surface area contributed by atoms with E-state index in [1.165, 1.54) is 18.5 Å². The lowest BCUT2D eigenvalue weighted by molar-refractivity contribution is 0.474. The molecule has 1 fully saturated rings. The van der Waals surface area contributed by atoms with Crippen molar-refractivity contribution in [1.29, 1.82) is 0 Å². The SMILES string of the molecule is CC(C)N1c2ccc(O)cc2NCC12CC2. The van der Waals surface area contributed by atoms with Gasteiger partial charge in [-0.1, -0.05) is 0 Å². The van der Waals surface area contributed by atoms with Crippen LogP contribution < -0.4 is 10.2 Å². The second-order valence-corrected chi connectivity index (χ2v) is 5.24. The van der Waals surface area contributed by atoms with Crippen LogP contribution in [0.15, 0.2) is 18.2 Å². The van der Waals surface area contributed by atoms with Crippen molar-refractivity contribution in [3.05, 3.63) is 18.2 Å². The fourth-order valence-electron chi connectivity index (χ4n) is 2.86. The first-order chi connectivity index (χ1) is 7.62. The summed E-state index contributed by atoms with van der Waals surface area (Å²) >= 11 is 0. The molecule has 1 saturated carbocycles. The molecule has 1 aliphatic carbocycles. The van der Waals surface area contributed by atoms with Gasteiger partial charge in [0.1, 0.15) is 5.75 Å². The van der Waals surface area contributed by atoms with E-state index < -0.39 is 0 Å². The zero-order valence-corrected chi connectivity index (χ0v) is 9.83. The van der Waals surface area contributed by atoms with Crippen LogP contribution >= 0.6 is 0 Å². The molecule has 2 aliphatic rings. The lowest BCUT2D eigenvalue weighted by Gasteiger charge is -2.43. The van der Waals surface area contributed by atoms with Crippen LogP contribution in [0, 0.1) is 0 Å². The van der Waals surface area contributed by atoms with Crippen LogP contribution in [0.2, 0.25) is 0 Å². The largest absolute Gasteiger partial charge is 0.508 e. The van der Waals surface area contributed by atoms with Crippen LogP contribution in [-0.4, -0.2) is 23.2 Å². The summed E-state index contributed by atoms with van der Waals surface area (Å²) in [5.41, 5.74) is 2.64. The Hall–Kier alpha value is -1.38. The highest BCUT2D eigenvalue weighted by molar-refractivity contribution is 5.76. The van der Waals surface area contributed by atoms with Gasteiger partial charge in [0.05, 0.1) is 16.9 Å². The molecule has 0 unspecified atom stereocenters. The van der Waals surface area contributed by atoms with Gasteiger partial charge < -0.3 is 15.3 Å². The van der Waals surface area contributed by atoms with Crippen LogP contribution in [0.1, 0.15) is 26.7 Å². The summed E-state index contributed by atoms with van der Waals surface area (Å²) in [6.07, 6.45) is 2.55. The smallest absolute Gasteiger partial charge is 0.117 e. The molecule has 1 spiro atoms. The normalized spacial score (nSPS) is 20.8. The van der Waals surface area contributed by atoms with Crippen molar-refractivity contribution >= 4 is 11.4 Å². The van der Waals surface area contributed by atoms with E-state index in [2.05, 4.69) is 24.1 Å². The first kappa shape index (κ1) is 9.82. The number of hydrogen-bond acceptors (Lipinski definition) is 3. The van der Waals surface area contributed by atoms with Crippen LogP contribution in [0.4, 0.5) is 11.4 Å². The maximum atomic E-state index is 9.50. The number of phenolic OH excluding ortho intramolecular Hbond substituents is 1. The predicted molar refractivity (Wildman–Crippen MR) is 66.2 cm³/mol. The number of anilines is 2. The summed E-state index contributed by atoms with van der Waals surface area (Å²) in [5, 5.41) is 12.9. The van der Waals surface area contributed by atoms with E-state index in [9.17, 15) is 5.11 Å². The van der Waals surface area contributed by atoms with Crippen molar-refractivity contribution in [1.82, 2.24) is 0 Å². The second-order valence-electron chi connectivity index (χ2n) is 5.24. The van der Waals surface area contributed by atoms with Gasteiger partial charge >= 0.3 is 0 Å². The molecule has 0 radical (unpaired) electrons. The molecule has 0 saturated heterocycles. The zero-order chi connectivity index (χ0) is 11.3. The van der Waals surface area contributed by atoms with Crippen molar-refractivity contribution in [2.75, 3.05) is 16.8 Å². The number of hydrogen-bond donors (Lipinski definition) is 2. The fourth-order valence-corrected chi connectivity index (χ4v) is 2.86. The Labute approximate surface area is 96.1 Å². The van der Waals surface area contributed by atoms with Gasteiger partial charge in [0.15, 0.2) is 0 Å². The molecular formula is C13H18N2O. The minimum Gasteiger partial charge on any atom is -0.508 e. The predicted octanol–water partition coefficient (Wildman–Crippen LogP) is 2.57. The summed E-state index contributed by atoms with van der Waals surface area (Å²) in [6, 6.07) is 6.13. The summed E-state index contributed by atoms with van der Waals surface area (Å²) in [5.74, 6) is 0.335. The van der Waals surface area contributed by atoms with Crippen LogP contribution in [0.25, 0.3) is 0 Å². The van der Waals surface area contributed by atoms with E-state index >= 15 is 0 Å². The molecule has 0 aromatic heterocycles. The van der Waals surface area contributed by atoms with Crippen molar-refractivity contribution in [3.63, 3.8) is 0 Å². The van der Waals surface area contributed by atoms with Gasteiger partial charge in [0.2, 0.25) is 0 Å². The molecule has 2 N–H and O–H groups in total. The van der Waals surface area contributed by atoms with Gasteiger partial charge in [-0.05, 0) is 38.8 Å².